The fourth-order valence-electron chi connectivity index (χ4n) is 2.73. The van der Waals surface area contributed by atoms with Gasteiger partial charge >= 0.3 is 0 Å². The summed E-state index contributed by atoms with van der Waals surface area (Å²) in [5.74, 6) is 0. The zero-order chi connectivity index (χ0) is 13.7. The highest BCUT2D eigenvalue weighted by Crippen LogP contribution is 2.48. The maximum absolute atomic E-state index is 4.61. The van der Waals surface area contributed by atoms with Crippen molar-refractivity contribution in [2.24, 2.45) is 4.99 Å². The third kappa shape index (κ3) is 1.76. The molecule has 2 aliphatic heterocycles. The Balaban J connectivity index is 1.96. The van der Waals surface area contributed by atoms with Gasteiger partial charge in [0, 0.05) is 16.8 Å². The van der Waals surface area contributed by atoms with Gasteiger partial charge < -0.3 is 4.90 Å². The number of aliphatic imine (C=N–C) groups is 1. The van der Waals surface area contributed by atoms with Crippen LogP contribution in [0.2, 0.25) is 0 Å². The fraction of sp³-hybridized carbons (Fsp3) is 0.267. The van der Waals surface area contributed by atoms with Crippen molar-refractivity contribution in [2.75, 3.05) is 19.3 Å². The minimum Gasteiger partial charge on any atom is -0.317 e. The molecule has 0 atom stereocenters. The third-order valence-electron chi connectivity index (χ3n) is 3.68. The molecule has 0 fully saturated rings. The SMILES string of the molecule is CSC1=C(c2cccc3c(C)csc23)N2CCN=C2S1. The number of benzene rings is 1. The smallest absolute Gasteiger partial charge is 0.169 e. The molecule has 0 saturated heterocycles. The van der Waals surface area contributed by atoms with E-state index < -0.39 is 0 Å². The molecule has 2 aromatic rings. The highest BCUT2D eigenvalue weighted by atomic mass is 32.2. The molecule has 0 radical (unpaired) electrons. The lowest BCUT2D eigenvalue weighted by Crippen LogP contribution is -2.20. The first-order valence-corrected chi connectivity index (χ1v) is 9.47. The van der Waals surface area contributed by atoms with E-state index in [0.29, 0.717) is 0 Å². The van der Waals surface area contributed by atoms with E-state index in [1.54, 1.807) is 0 Å². The molecule has 3 heterocycles. The second kappa shape index (κ2) is 4.83. The molecule has 5 heteroatoms. The van der Waals surface area contributed by atoms with Gasteiger partial charge in [0.15, 0.2) is 5.17 Å². The van der Waals surface area contributed by atoms with Crippen LogP contribution in [0, 0.1) is 6.92 Å². The summed E-state index contributed by atoms with van der Waals surface area (Å²) in [4.78, 5) is 7.00. The summed E-state index contributed by atoms with van der Waals surface area (Å²) in [6, 6.07) is 6.66. The van der Waals surface area contributed by atoms with Gasteiger partial charge in [-0.1, -0.05) is 18.2 Å². The topological polar surface area (TPSA) is 15.6 Å². The predicted octanol–water partition coefficient (Wildman–Crippen LogP) is 4.62. The summed E-state index contributed by atoms with van der Waals surface area (Å²) in [7, 11) is 0. The number of hydrogen-bond acceptors (Lipinski definition) is 5. The Hall–Kier alpha value is -0.910. The number of thioether (sulfide) groups is 2. The molecule has 0 unspecified atom stereocenters. The van der Waals surface area contributed by atoms with Gasteiger partial charge in [0.25, 0.3) is 0 Å². The molecule has 0 aliphatic carbocycles. The van der Waals surface area contributed by atoms with Crippen molar-refractivity contribution in [1.82, 2.24) is 4.90 Å². The number of nitrogens with zero attached hydrogens (tertiary/aromatic N) is 2. The quantitative estimate of drug-likeness (QED) is 0.803. The van der Waals surface area contributed by atoms with Crippen LogP contribution in [0.25, 0.3) is 15.8 Å². The predicted molar refractivity (Wildman–Crippen MR) is 93.6 cm³/mol. The average molecular weight is 318 g/mol. The maximum Gasteiger partial charge on any atom is 0.169 e. The van der Waals surface area contributed by atoms with E-state index in [9.17, 15) is 0 Å². The molecule has 102 valence electrons. The number of hydrogen-bond donors (Lipinski definition) is 0. The Morgan fingerprint density at radius 1 is 1.35 bits per heavy atom. The van der Waals surface area contributed by atoms with Crippen molar-refractivity contribution >= 4 is 55.8 Å². The molecule has 20 heavy (non-hydrogen) atoms. The van der Waals surface area contributed by atoms with Crippen LogP contribution in [0.1, 0.15) is 11.1 Å². The number of rotatable bonds is 2. The van der Waals surface area contributed by atoms with Crippen LogP contribution in [0.4, 0.5) is 0 Å². The molecule has 0 bridgehead atoms. The van der Waals surface area contributed by atoms with E-state index in [4.69, 9.17) is 0 Å². The Bertz CT molecular complexity index is 758. The fourth-order valence-corrected chi connectivity index (χ4v) is 5.70. The molecule has 4 rings (SSSR count). The normalized spacial score (nSPS) is 18.1. The van der Waals surface area contributed by atoms with E-state index in [1.807, 2.05) is 34.9 Å². The van der Waals surface area contributed by atoms with Gasteiger partial charge in [-0.3, -0.25) is 4.99 Å². The molecule has 0 spiro atoms. The molecular weight excluding hydrogens is 304 g/mol. The first kappa shape index (κ1) is 12.8. The molecule has 1 aromatic heterocycles. The maximum atomic E-state index is 4.61. The van der Waals surface area contributed by atoms with Crippen molar-refractivity contribution in [2.45, 2.75) is 6.92 Å². The van der Waals surface area contributed by atoms with Gasteiger partial charge in [-0.05, 0) is 41.3 Å². The van der Waals surface area contributed by atoms with Crippen LogP contribution in [-0.2, 0) is 0 Å². The molecule has 0 amide bonds. The van der Waals surface area contributed by atoms with Crippen LogP contribution < -0.4 is 0 Å². The van der Waals surface area contributed by atoms with Gasteiger partial charge in [-0.15, -0.1) is 23.1 Å². The highest BCUT2D eigenvalue weighted by molar-refractivity contribution is 8.30. The third-order valence-corrected chi connectivity index (χ3v) is 7.05. The van der Waals surface area contributed by atoms with Crippen LogP contribution in [0.5, 0.6) is 0 Å². The van der Waals surface area contributed by atoms with Crippen LogP contribution >= 0.6 is 34.9 Å². The summed E-state index contributed by atoms with van der Waals surface area (Å²) in [5.41, 5.74) is 4.11. The Morgan fingerprint density at radius 3 is 3.10 bits per heavy atom. The zero-order valence-electron chi connectivity index (χ0n) is 11.3. The van der Waals surface area contributed by atoms with E-state index in [2.05, 4.69) is 46.7 Å². The van der Waals surface area contributed by atoms with E-state index in [0.717, 1.165) is 13.1 Å². The van der Waals surface area contributed by atoms with Gasteiger partial charge in [0.2, 0.25) is 0 Å². The number of thiophene rings is 1. The van der Waals surface area contributed by atoms with Gasteiger partial charge in [-0.25, -0.2) is 0 Å². The summed E-state index contributed by atoms with van der Waals surface area (Å²) in [6.45, 7) is 4.13. The van der Waals surface area contributed by atoms with Gasteiger partial charge in [0.1, 0.15) is 0 Å². The summed E-state index contributed by atoms with van der Waals surface area (Å²) in [6.07, 6.45) is 2.16. The van der Waals surface area contributed by atoms with Crippen LogP contribution in [-0.4, -0.2) is 29.4 Å². The first-order chi connectivity index (χ1) is 9.79. The van der Waals surface area contributed by atoms with Gasteiger partial charge in [-0.2, -0.15) is 0 Å². The van der Waals surface area contributed by atoms with E-state index >= 15 is 0 Å². The monoisotopic (exact) mass is 318 g/mol. The van der Waals surface area contributed by atoms with Crippen molar-refractivity contribution < 1.29 is 0 Å². The number of amidine groups is 1. The molecule has 0 saturated carbocycles. The lowest BCUT2D eigenvalue weighted by atomic mass is 10.1. The van der Waals surface area contributed by atoms with E-state index in [1.165, 1.54) is 36.3 Å². The van der Waals surface area contributed by atoms with Crippen molar-refractivity contribution in [1.29, 1.82) is 0 Å². The van der Waals surface area contributed by atoms with Crippen molar-refractivity contribution in [3.63, 3.8) is 0 Å². The second-order valence-corrected chi connectivity index (χ2v) is 7.79. The van der Waals surface area contributed by atoms with Crippen LogP contribution in [0.3, 0.4) is 0 Å². The number of aryl methyl sites for hydroxylation is 1. The van der Waals surface area contributed by atoms with Crippen LogP contribution in [0.15, 0.2) is 32.8 Å². The minimum absolute atomic E-state index is 0.924. The lowest BCUT2D eigenvalue weighted by Gasteiger charge is -2.17. The van der Waals surface area contributed by atoms with Crippen molar-refractivity contribution in [3.05, 3.63) is 38.9 Å². The Kier molecular flexibility index (Phi) is 3.09. The van der Waals surface area contributed by atoms with Gasteiger partial charge in [0.05, 0.1) is 16.5 Å². The molecule has 1 aromatic carbocycles. The Morgan fingerprint density at radius 2 is 2.25 bits per heavy atom. The summed E-state index contributed by atoms with van der Waals surface area (Å²) in [5, 5.41) is 4.82. The second-order valence-electron chi connectivity index (χ2n) is 4.86. The lowest BCUT2D eigenvalue weighted by molar-refractivity contribution is 0.650. The van der Waals surface area contributed by atoms with Crippen molar-refractivity contribution in [3.8, 4) is 0 Å². The molecule has 2 aliphatic rings. The minimum atomic E-state index is 0.924. The molecular formula is C15H14N2S3. The summed E-state index contributed by atoms with van der Waals surface area (Å²) < 4.78 is 2.78. The Labute approximate surface area is 131 Å². The zero-order valence-corrected chi connectivity index (χ0v) is 13.8. The molecule has 0 N–H and O–H groups in total. The first-order valence-electron chi connectivity index (χ1n) is 6.55. The average Bonchev–Trinajstić information content (AvgIpc) is 3.13. The summed E-state index contributed by atoms with van der Waals surface area (Å²) >= 11 is 5.51. The highest BCUT2D eigenvalue weighted by Gasteiger charge is 2.33. The largest absolute Gasteiger partial charge is 0.317 e. The number of fused-ring (bicyclic) bond motifs is 2. The standard InChI is InChI=1S/C15H14N2S3/c1-9-8-19-13-10(9)4-3-5-11(13)12-14(18-2)20-15-16-6-7-17(12)15/h3-5,8H,6-7H2,1-2H3. The van der Waals surface area contributed by atoms with E-state index in [-0.39, 0.29) is 0 Å². The molecule has 2 nitrogen and oxygen atoms in total.